The average molecular weight is 271 g/mol. The summed E-state index contributed by atoms with van der Waals surface area (Å²) in [5.41, 5.74) is 0.198. The smallest absolute Gasteiger partial charge is 0.255 e. The van der Waals surface area contributed by atoms with Crippen LogP contribution in [0.4, 0.5) is 0 Å². The molecule has 2 aromatic rings. The second-order valence-corrected chi connectivity index (χ2v) is 5.15. The lowest BCUT2D eigenvalue weighted by molar-refractivity contribution is 0.560. The standard InChI is InChI=1S/C11H11ClN2O2S/c1-7(2)13-10(15)14(17-11(13)16)9-6-4-3-5-8(9)12/h3-7H,1-2H3. The van der Waals surface area contributed by atoms with Crippen LogP contribution in [0, 0.1) is 0 Å². The van der Waals surface area contributed by atoms with Crippen LogP contribution in [-0.4, -0.2) is 8.52 Å². The highest BCUT2D eigenvalue weighted by Crippen LogP contribution is 2.19. The zero-order valence-corrected chi connectivity index (χ0v) is 11.0. The Bertz CT molecular complexity index is 654. The summed E-state index contributed by atoms with van der Waals surface area (Å²) in [5, 5.41) is 0.451. The van der Waals surface area contributed by atoms with Gasteiger partial charge in [-0.2, -0.15) is 0 Å². The van der Waals surface area contributed by atoms with Crippen molar-refractivity contribution < 1.29 is 0 Å². The summed E-state index contributed by atoms with van der Waals surface area (Å²) in [6.07, 6.45) is 0. The van der Waals surface area contributed by atoms with Crippen molar-refractivity contribution in [2.75, 3.05) is 0 Å². The van der Waals surface area contributed by atoms with Gasteiger partial charge < -0.3 is 0 Å². The van der Waals surface area contributed by atoms with Crippen LogP contribution in [0.3, 0.4) is 0 Å². The molecular formula is C11H11ClN2O2S. The van der Waals surface area contributed by atoms with Gasteiger partial charge in [-0.15, -0.1) is 0 Å². The molecule has 2 rings (SSSR count). The van der Waals surface area contributed by atoms with Crippen molar-refractivity contribution in [1.29, 1.82) is 0 Å². The van der Waals surface area contributed by atoms with Crippen molar-refractivity contribution in [2.24, 2.45) is 0 Å². The summed E-state index contributed by atoms with van der Waals surface area (Å²) in [4.78, 5) is 23.5. The molecule has 0 amide bonds. The number of aromatic nitrogens is 2. The van der Waals surface area contributed by atoms with E-state index in [-0.39, 0.29) is 16.6 Å². The Morgan fingerprint density at radius 2 is 1.88 bits per heavy atom. The molecule has 0 bridgehead atoms. The van der Waals surface area contributed by atoms with Gasteiger partial charge in [0.25, 0.3) is 0 Å². The molecule has 1 aromatic carbocycles. The van der Waals surface area contributed by atoms with Gasteiger partial charge in [0.1, 0.15) is 0 Å². The van der Waals surface area contributed by atoms with Crippen molar-refractivity contribution in [3.05, 3.63) is 49.4 Å². The molecule has 0 saturated carbocycles. The minimum atomic E-state index is -0.344. The average Bonchev–Trinajstić information content (AvgIpc) is 2.55. The zero-order chi connectivity index (χ0) is 12.6. The fourth-order valence-electron chi connectivity index (χ4n) is 1.54. The van der Waals surface area contributed by atoms with Gasteiger partial charge in [0.15, 0.2) is 0 Å². The third-order valence-corrected chi connectivity index (χ3v) is 3.54. The molecular weight excluding hydrogens is 260 g/mol. The van der Waals surface area contributed by atoms with Crippen LogP contribution in [0.5, 0.6) is 0 Å². The van der Waals surface area contributed by atoms with Gasteiger partial charge in [-0.25, -0.2) is 13.3 Å². The maximum Gasteiger partial charge on any atom is 0.346 e. The van der Waals surface area contributed by atoms with Gasteiger partial charge in [0.2, 0.25) is 0 Å². The quantitative estimate of drug-likeness (QED) is 0.840. The number of benzene rings is 1. The highest BCUT2D eigenvalue weighted by atomic mass is 35.5. The first kappa shape index (κ1) is 12.1. The predicted molar refractivity (Wildman–Crippen MR) is 69.6 cm³/mol. The van der Waals surface area contributed by atoms with Crippen LogP contribution >= 0.6 is 23.1 Å². The Labute approximate surface area is 107 Å². The Balaban J connectivity index is 2.72. The SMILES string of the molecule is CC(C)n1c(=O)sn(-c2ccccc2Cl)c1=O. The highest BCUT2D eigenvalue weighted by Gasteiger charge is 2.15. The fourth-order valence-corrected chi connectivity index (χ4v) is 2.76. The van der Waals surface area contributed by atoms with Gasteiger partial charge in [0, 0.05) is 17.6 Å². The molecule has 4 nitrogen and oxygen atoms in total. The molecule has 0 fully saturated rings. The van der Waals surface area contributed by atoms with E-state index in [2.05, 4.69) is 0 Å². The van der Waals surface area contributed by atoms with Crippen molar-refractivity contribution in [3.63, 3.8) is 0 Å². The molecule has 0 saturated heterocycles. The lowest BCUT2D eigenvalue weighted by Gasteiger charge is -2.03. The van der Waals surface area contributed by atoms with E-state index in [4.69, 9.17) is 11.6 Å². The van der Waals surface area contributed by atoms with E-state index >= 15 is 0 Å². The molecule has 0 N–H and O–H groups in total. The Morgan fingerprint density at radius 3 is 2.41 bits per heavy atom. The molecule has 0 radical (unpaired) electrons. The van der Waals surface area contributed by atoms with Crippen LogP contribution < -0.4 is 10.6 Å². The minimum Gasteiger partial charge on any atom is -0.255 e. The summed E-state index contributed by atoms with van der Waals surface area (Å²) in [6.45, 7) is 3.60. The second-order valence-electron chi connectivity index (χ2n) is 3.85. The van der Waals surface area contributed by atoms with Gasteiger partial charge in [-0.3, -0.25) is 4.79 Å². The molecule has 0 spiro atoms. The molecule has 17 heavy (non-hydrogen) atoms. The third kappa shape index (κ3) is 2.08. The number of para-hydroxylation sites is 1. The number of hydrogen-bond donors (Lipinski definition) is 0. The Hall–Kier alpha value is -1.33. The first-order valence-electron chi connectivity index (χ1n) is 5.12. The van der Waals surface area contributed by atoms with E-state index in [0.29, 0.717) is 10.7 Å². The van der Waals surface area contributed by atoms with Crippen LogP contribution in [0.2, 0.25) is 5.02 Å². The van der Waals surface area contributed by atoms with Crippen LogP contribution in [0.25, 0.3) is 5.69 Å². The maximum atomic E-state index is 12.1. The molecule has 1 heterocycles. The Morgan fingerprint density at radius 1 is 1.24 bits per heavy atom. The van der Waals surface area contributed by atoms with E-state index in [1.807, 2.05) is 0 Å². The van der Waals surface area contributed by atoms with Crippen LogP contribution in [-0.2, 0) is 0 Å². The molecule has 0 aliphatic carbocycles. The molecule has 6 heteroatoms. The summed E-state index contributed by atoms with van der Waals surface area (Å²) >= 11 is 6.87. The highest BCUT2D eigenvalue weighted by molar-refractivity contribution is 7.03. The third-order valence-electron chi connectivity index (χ3n) is 2.33. The van der Waals surface area contributed by atoms with Gasteiger partial charge in [0.05, 0.1) is 10.7 Å². The molecule has 0 aliphatic heterocycles. The first-order valence-corrected chi connectivity index (χ1v) is 6.27. The summed E-state index contributed by atoms with van der Waals surface area (Å²) < 4.78 is 2.54. The van der Waals surface area contributed by atoms with E-state index in [1.165, 1.54) is 8.52 Å². The number of hydrogen-bond acceptors (Lipinski definition) is 3. The normalized spacial score (nSPS) is 11.1. The molecule has 0 aliphatic rings. The second kappa shape index (κ2) is 4.50. The Kier molecular flexibility index (Phi) is 3.22. The number of nitrogens with zero attached hydrogens (tertiary/aromatic N) is 2. The van der Waals surface area contributed by atoms with Crippen molar-refractivity contribution in [1.82, 2.24) is 8.52 Å². The topological polar surface area (TPSA) is 44.0 Å². The maximum absolute atomic E-state index is 12.1. The lowest BCUT2D eigenvalue weighted by atomic mass is 10.3. The predicted octanol–water partition coefficient (Wildman–Crippen LogP) is 2.29. The number of halogens is 1. The van der Waals surface area contributed by atoms with Gasteiger partial charge in [-0.1, -0.05) is 23.7 Å². The monoisotopic (exact) mass is 270 g/mol. The fraction of sp³-hybridized carbons (Fsp3) is 0.273. The van der Waals surface area contributed by atoms with E-state index < -0.39 is 0 Å². The summed E-state index contributed by atoms with van der Waals surface area (Å²) in [5.74, 6) is 0. The van der Waals surface area contributed by atoms with E-state index in [1.54, 1.807) is 38.1 Å². The summed E-state index contributed by atoms with van der Waals surface area (Å²) in [7, 11) is 0. The van der Waals surface area contributed by atoms with Crippen molar-refractivity contribution in [2.45, 2.75) is 19.9 Å². The van der Waals surface area contributed by atoms with Crippen LogP contribution in [0.1, 0.15) is 19.9 Å². The van der Waals surface area contributed by atoms with Crippen molar-refractivity contribution >= 4 is 23.1 Å². The van der Waals surface area contributed by atoms with Crippen LogP contribution in [0.15, 0.2) is 33.9 Å². The van der Waals surface area contributed by atoms with Gasteiger partial charge in [-0.05, 0) is 26.0 Å². The van der Waals surface area contributed by atoms with E-state index in [9.17, 15) is 9.59 Å². The summed E-state index contributed by atoms with van der Waals surface area (Å²) in [6, 6.07) is 6.80. The first-order chi connectivity index (χ1) is 8.02. The van der Waals surface area contributed by atoms with E-state index in [0.717, 1.165) is 11.5 Å². The number of rotatable bonds is 2. The molecule has 90 valence electrons. The molecule has 0 atom stereocenters. The van der Waals surface area contributed by atoms with Crippen molar-refractivity contribution in [3.8, 4) is 5.69 Å². The largest absolute Gasteiger partial charge is 0.346 e. The lowest BCUT2D eigenvalue weighted by Crippen LogP contribution is -2.29. The van der Waals surface area contributed by atoms with Gasteiger partial charge >= 0.3 is 10.6 Å². The molecule has 0 unspecified atom stereocenters. The zero-order valence-electron chi connectivity index (χ0n) is 9.38. The minimum absolute atomic E-state index is 0.157. The molecule has 1 aromatic heterocycles.